The summed E-state index contributed by atoms with van der Waals surface area (Å²) in [5, 5.41) is 2.83. The summed E-state index contributed by atoms with van der Waals surface area (Å²) in [7, 11) is 0. The Hall–Kier alpha value is -2.89. The zero-order valence-electron chi connectivity index (χ0n) is 20.7. The number of pyridine rings is 1. The van der Waals surface area contributed by atoms with Crippen LogP contribution < -0.4 is 11.1 Å². The zero-order chi connectivity index (χ0) is 24.3. The fourth-order valence-corrected chi connectivity index (χ4v) is 3.59. The Kier molecular flexibility index (Phi) is 7.70. The van der Waals surface area contributed by atoms with Gasteiger partial charge in [-0.2, -0.15) is 0 Å². The molecule has 1 aromatic heterocycles. The molecule has 0 bridgehead atoms. The van der Waals surface area contributed by atoms with Crippen LogP contribution in [0.3, 0.4) is 0 Å². The monoisotopic (exact) mass is 439 g/mol. The van der Waals surface area contributed by atoms with Gasteiger partial charge < -0.3 is 15.8 Å². The summed E-state index contributed by atoms with van der Waals surface area (Å²) in [5.41, 5.74) is 11.3. The number of nitrogens with two attached hydrogens (primary N) is 1. The fraction of sp³-hybridized carbons (Fsp3) is 0.500. The molecule has 0 saturated heterocycles. The van der Waals surface area contributed by atoms with Crippen LogP contribution in [0, 0.1) is 19.3 Å². The summed E-state index contributed by atoms with van der Waals surface area (Å²) >= 11 is 0. The second kappa shape index (κ2) is 9.72. The summed E-state index contributed by atoms with van der Waals surface area (Å²) in [5.74, 6) is -0.427. The molecule has 0 aliphatic rings. The summed E-state index contributed by atoms with van der Waals surface area (Å²) in [4.78, 5) is 29.2. The molecule has 6 heteroatoms. The summed E-state index contributed by atoms with van der Waals surface area (Å²) in [6, 6.07) is 8.10. The van der Waals surface area contributed by atoms with Crippen LogP contribution in [-0.4, -0.2) is 22.5 Å². The van der Waals surface area contributed by atoms with E-state index in [0.717, 1.165) is 39.2 Å². The molecule has 0 aliphatic heterocycles. The van der Waals surface area contributed by atoms with E-state index in [9.17, 15) is 9.59 Å². The quantitative estimate of drug-likeness (QED) is 0.662. The van der Waals surface area contributed by atoms with Crippen LogP contribution in [0.5, 0.6) is 0 Å². The molecule has 0 radical (unpaired) electrons. The highest BCUT2D eigenvalue weighted by molar-refractivity contribution is 5.82. The van der Waals surface area contributed by atoms with Gasteiger partial charge in [-0.3, -0.25) is 9.78 Å². The molecule has 0 unspecified atom stereocenters. The van der Waals surface area contributed by atoms with Crippen LogP contribution in [0.15, 0.2) is 24.3 Å². The molecule has 1 aromatic carbocycles. The first-order valence-electron chi connectivity index (χ1n) is 11.0. The van der Waals surface area contributed by atoms with Crippen LogP contribution in [-0.2, 0) is 29.0 Å². The lowest BCUT2D eigenvalue weighted by Crippen LogP contribution is -2.40. The number of benzene rings is 1. The lowest BCUT2D eigenvalue weighted by atomic mass is 9.84. The first-order valence-corrected chi connectivity index (χ1v) is 11.0. The number of hydrogen-bond acceptors (Lipinski definition) is 4. The number of hydrogen-bond donors (Lipinski definition) is 2. The van der Waals surface area contributed by atoms with Gasteiger partial charge >= 0.3 is 6.09 Å². The van der Waals surface area contributed by atoms with Crippen LogP contribution in [0.1, 0.15) is 69.6 Å². The van der Waals surface area contributed by atoms with Gasteiger partial charge in [-0.25, -0.2) is 4.79 Å². The van der Waals surface area contributed by atoms with E-state index in [-0.39, 0.29) is 18.4 Å². The predicted octanol–water partition coefficient (Wildman–Crippen LogP) is 5.01. The lowest BCUT2D eigenvalue weighted by Gasteiger charge is -2.25. The van der Waals surface area contributed by atoms with E-state index >= 15 is 0 Å². The standard InChI is InChI=1S/C26H37N3O3/c1-16-9-11-18(12-10-16)23-19(13-22(27)30)17(2)28-21(14-25(3,4)5)20(23)15-32-24(31)29-26(6,7)8/h9-12H,13-15H2,1-8H3,(H2,27,30)(H,29,31). The summed E-state index contributed by atoms with van der Waals surface area (Å²) in [6.45, 7) is 16.1. The molecule has 6 nitrogen and oxygen atoms in total. The van der Waals surface area contributed by atoms with E-state index in [1.807, 2.05) is 58.9 Å². The second-order valence-corrected chi connectivity index (χ2v) is 10.7. The zero-order valence-corrected chi connectivity index (χ0v) is 20.7. The molecule has 32 heavy (non-hydrogen) atoms. The van der Waals surface area contributed by atoms with E-state index in [4.69, 9.17) is 15.5 Å². The fourth-order valence-electron chi connectivity index (χ4n) is 3.59. The molecule has 0 aliphatic carbocycles. The van der Waals surface area contributed by atoms with Crippen molar-refractivity contribution in [3.05, 3.63) is 52.3 Å². The third-order valence-corrected chi connectivity index (χ3v) is 4.90. The number of amides is 2. The molecule has 0 fully saturated rings. The van der Waals surface area contributed by atoms with Crippen molar-refractivity contribution in [3.8, 4) is 11.1 Å². The molecule has 2 rings (SSSR count). The molecule has 1 heterocycles. The third-order valence-electron chi connectivity index (χ3n) is 4.90. The van der Waals surface area contributed by atoms with E-state index in [1.165, 1.54) is 0 Å². The van der Waals surface area contributed by atoms with E-state index in [2.05, 4.69) is 26.1 Å². The number of ether oxygens (including phenoxy) is 1. The van der Waals surface area contributed by atoms with Crippen LogP contribution in [0.4, 0.5) is 4.79 Å². The van der Waals surface area contributed by atoms with E-state index < -0.39 is 17.5 Å². The largest absolute Gasteiger partial charge is 0.445 e. The molecule has 174 valence electrons. The first kappa shape index (κ1) is 25.4. The van der Waals surface area contributed by atoms with Crippen molar-refractivity contribution in [2.75, 3.05) is 0 Å². The Bertz CT molecular complexity index is 981. The van der Waals surface area contributed by atoms with Crippen molar-refractivity contribution in [2.24, 2.45) is 11.1 Å². The number of carbonyl (C=O) groups excluding carboxylic acids is 2. The maximum absolute atomic E-state index is 12.4. The number of aryl methyl sites for hydroxylation is 2. The smallest absolute Gasteiger partial charge is 0.407 e. The van der Waals surface area contributed by atoms with Crippen LogP contribution in [0.25, 0.3) is 11.1 Å². The van der Waals surface area contributed by atoms with Crippen molar-refractivity contribution >= 4 is 12.0 Å². The SMILES string of the molecule is Cc1ccc(-c2c(CC(N)=O)c(C)nc(CC(C)(C)C)c2COC(=O)NC(C)(C)C)cc1. The van der Waals surface area contributed by atoms with Gasteiger partial charge in [0.2, 0.25) is 5.91 Å². The van der Waals surface area contributed by atoms with Crippen LogP contribution >= 0.6 is 0 Å². The van der Waals surface area contributed by atoms with Gasteiger partial charge in [-0.15, -0.1) is 0 Å². The topological polar surface area (TPSA) is 94.3 Å². The van der Waals surface area contributed by atoms with Gasteiger partial charge in [-0.05, 0) is 63.1 Å². The minimum atomic E-state index is -0.494. The highest BCUT2D eigenvalue weighted by Gasteiger charge is 2.25. The van der Waals surface area contributed by atoms with Crippen molar-refractivity contribution in [3.63, 3.8) is 0 Å². The summed E-state index contributed by atoms with van der Waals surface area (Å²) < 4.78 is 5.64. The van der Waals surface area contributed by atoms with Gasteiger partial charge in [0.25, 0.3) is 0 Å². The van der Waals surface area contributed by atoms with Gasteiger partial charge in [0.15, 0.2) is 0 Å². The number of rotatable bonds is 6. The molecule has 0 spiro atoms. The average Bonchev–Trinajstić information content (AvgIpc) is 2.60. The molecule has 2 amide bonds. The average molecular weight is 440 g/mol. The van der Waals surface area contributed by atoms with Crippen molar-refractivity contribution in [1.82, 2.24) is 10.3 Å². The Morgan fingerprint density at radius 3 is 2.09 bits per heavy atom. The van der Waals surface area contributed by atoms with Crippen molar-refractivity contribution in [2.45, 2.75) is 80.4 Å². The predicted molar refractivity (Wildman–Crippen MR) is 128 cm³/mol. The first-order chi connectivity index (χ1) is 14.7. The van der Waals surface area contributed by atoms with Gasteiger partial charge in [0, 0.05) is 22.5 Å². The van der Waals surface area contributed by atoms with E-state index in [0.29, 0.717) is 6.42 Å². The highest BCUT2D eigenvalue weighted by Crippen LogP contribution is 2.35. The van der Waals surface area contributed by atoms with Gasteiger partial charge in [0.1, 0.15) is 6.61 Å². The number of aromatic nitrogens is 1. The van der Waals surface area contributed by atoms with Crippen molar-refractivity contribution < 1.29 is 14.3 Å². The summed E-state index contributed by atoms with van der Waals surface area (Å²) in [6.07, 6.45) is 0.272. The minimum Gasteiger partial charge on any atom is -0.445 e. The minimum absolute atomic E-state index is 0.0302. The van der Waals surface area contributed by atoms with Crippen LogP contribution in [0.2, 0.25) is 0 Å². The number of alkyl carbamates (subject to hydrolysis) is 1. The molecule has 3 N–H and O–H groups in total. The second-order valence-electron chi connectivity index (χ2n) is 10.7. The van der Waals surface area contributed by atoms with Gasteiger partial charge in [-0.1, -0.05) is 50.6 Å². The Morgan fingerprint density at radius 2 is 1.59 bits per heavy atom. The number of nitrogens with zero attached hydrogens (tertiary/aromatic N) is 1. The molecule has 2 aromatic rings. The Morgan fingerprint density at radius 1 is 1.00 bits per heavy atom. The van der Waals surface area contributed by atoms with E-state index in [1.54, 1.807) is 0 Å². The highest BCUT2D eigenvalue weighted by atomic mass is 16.5. The molecular formula is C26H37N3O3. The maximum atomic E-state index is 12.4. The third kappa shape index (κ3) is 7.36. The lowest BCUT2D eigenvalue weighted by molar-refractivity contribution is -0.117. The number of nitrogens with one attached hydrogen (secondary N) is 1. The number of primary amides is 1. The number of carbonyl (C=O) groups is 2. The molecular weight excluding hydrogens is 402 g/mol. The molecule has 0 atom stereocenters. The van der Waals surface area contributed by atoms with Crippen molar-refractivity contribution in [1.29, 1.82) is 0 Å². The normalized spacial score (nSPS) is 11.9. The Labute approximate surface area is 192 Å². The maximum Gasteiger partial charge on any atom is 0.407 e. The Balaban J connectivity index is 2.69. The molecule has 0 saturated carbocycles. The van der Waals surface area contributed by atoms with Gasteiger partial charge in [0.05, 0.1) is 6.42 Å².